The summed E-state index contributed by atoms with van der Waals surface area (Å²) in [7, 11) is 5.51. The summed E-state index contributed by atoms with van der Waals surface area (Å²) >= 11 is 0. The van der Waals surface area contributed by atoms with Crippen molar-refractivity contribution in [3.63, 3.8) is 0 Å². The third kappa shape index (κ3) is 8.10. The summed E-state index contributed by atoms with van der Waals surface area (Å²) < 4.78 is 46.8. The molecule has 1 aromatic rings. The molecule has 5 fully saturated rings. The fourth-order valence-corrected chi connectivity index (χ4v) is 11.2. The maximum atomic E-state index is 14.5. The van der Waals surface area contributed by atoms with E-state index in [0.717, 1.165) is 25.8 Å². The number of rotatable bonds is 11. The van der Waals surface area contributed by atoms with Gasteiger partial charge in [0, 0.05) is 49.9 Å². The molecule has 0 aliphatic carbocycles. The molecule has 1 aromatic carbocycles. The Morgan fingerprint density at radius 1 is 0.946 bits per heavy atom. The van der Waals surface area contributed by atoms with Crippen molar-refractivity contribution in [3.05, 3.63) is 35.9 Å². The van der Waals surface area contributed by atoms with E-state index in [1.807, 2.05) is 52.8 Å². The van der Waals surface area contributed by atoms with Gasteiger partial charge in [0.1, 0.15) is 24.0 Å². The van der Waals surface area contributed by atoms with Gasteiger partial charge in [-0.1, -0.05) is 51.1 Å². The number of likely N-dealkylation sites (tertiary alicyclic amines) is 1. The first-order chi connectivity index (χ1) is 26.4. The largest absolute Gasteiger partial charge is 0.460 e. The average Bonchev–Trinajstić information content (AvgIpc) is 3.54. The number of esters is 1. The Balaban J connectivity index is 1.38. The molecule has 0 amide bonds. The summed E-state index contributed by atoms with van der Waals surface area (Å²) in [4.78, 5) is 19.0. The van der Waals surface area contributed by atoms with Gasteiger partial charge in [-0.25, -0.2) is 0 Å². The second kappa shape index (κ2) is 17.1. The highest BCUT2D eigenvalue weighted by Crippen LogP contribution is 2.58. The molecular weight excluding hydrogens is 716 g/mol. The van der Waals surface area contributed by atoms with Crippen LogP contribution < -0.4 is 0 Å². The monoisotopic (exact) mass is 789 g/mol. The maximum absolute atomic E-state index is 14.5. The van der Waals surface area contributed by atoms with E-state index in [4.69, 9.17) is 33.2 Å². The van der Waals surface area contributed by atoms with Gasteiger partial charge in [-0.2, -0.15) is 0 Å². The number of benzene rings is 1. The van der Waals surface area contributed by atoms with Gasteiger partial charge < -0.3 is 48.3 Å². The lowest BCUT2D eigenvalue weighted by Crippen LogP contribution is -2.61. The number of unbranched alkanes of at least 4 members (excludes halogenated alkanes) is 1. The highest BCUT2D eigenvalue weighted by atomic mass is 16.7. The molecule has 0 radical (unpaired) electrons. The van der Waals surface area contributed by atoms with Crippen LogP contribution in [0.5, 0.6) is 0 Å². The first kappa shape index (κ1) is 43.9. The van der Waals surface area contributed by atoms with Crippen LogP contribution in [0.3, 0.4) is 0 Å². The first-order valence-corrected chi connectivity index (χ1v) is 21.3. The van der Waals surface area contributed by atoms with Crippen LogP contribution in [-0.2, 0) is 44.4 Å². The van der Waals surface area contributed by atoms with E-state index in [1.54, 1.807) is 14.0 Å². The van der Waals surface area contributed by atoms with E-state index in [2.05, 4.69) is 56.9 Å². The van der Waals surface area contributed by atoms with E-state index in [0.29, 0.717) is 12.8 Å². The molecule has 318 valence electrons. The van der Waals surface area contributed by atoms with Gasteiger partial charge >= 0.3 is 5.97 Å². The number of aryl methyl sites for hydroxylation is 1. The SMILES string of the molecule is CO[C@]1(C)C[C@H](O[C@H]2[C@H](C)[C@@H](O[C@@H]3O[C@H](C)C[C@H](N(C)C)[C@H]3O)[C@@]3(C)C[C@@H](C)[C@]4(O3)[C@H](C)[C@H](OC(=O)[C@@H]2C)[C@@H](C)N4CCCCc2ccccc2)O[C@@H](C)[C@@H]1O. The molecule has 6 rings (SSSR count). The molecule has 1 spiro atoms. The van der Waals surface area contributed by atoms with Crippen LogP contribution in [0.4, 0.5) is 0 Å². The highest BCUT2D eigenvalue weighted by molar-refractivity contribution is 5.73. The average molecular weight is 789 g/mol. The predicted molar refractivity (Wildman–Crippen MR) is 211 cm³/mol. The van der Waals surface area contributed by atoms with Crippen LogP contribution in [0.15, 0.2) is 30.3 Å². The zero-order chi connectivity index (χ0) is 40.9. The fourth-order valence-electron chi connectivity index (χ4n) is 11.2. The minimum Gasteiger partial charge on any atom is -0.460 e. The van der Waals surface area contributed by atoms with E-state index < -0.39 is 78.0 Å². The Morgan fingerprint density at radius 3 is 2.30 bits per heavy atom. The second-order valence-corrected chi connectivity index (χ2v) is 18.7. The summed E-state index contributed by atoms with van der Waals surface area (Å²) in [5.41, 5.74) is -1.21. The number of hydrogen-bond acceptors (Lipinski definition) is 12. The van der Waals surface area contributed by atoms with Crippen LogP contribution >= 0.6 is 0 Å². The first-order valence-electron chi connectivity index (χ1n) is 21.3. The molecule has 5 aliphatic heterocycles. The number of aliphatic hydroxyl groups excluding tert-OH is 2. The number of aliphatic hydroxyl groups is 2. The number of carbonyl (C=O) groups is 1. The van der Waals surface area contributed by atoms with Crippen molar-refractivity contribution in [3.8, 4) is 0 Å². The van der Waals surface area contributed by atoms with Crippen molar-refractivity contribution in [1.82, 2.24) is 9.80 Å². The molecular formula is C44H72N2O10. The summed E-state index contributed by atoms with van der Waals surface area (Å²) in [5.74, 6) is -1.65. The second-order valence-electron chi connectivity index (χ2n) is 18.7. The number of methoxy groups -OCH3 is 1. The number of ether oxygens (including phenoxy) is 7. The topological polar surface area (TPSA) is 129 Å². The van der Waals surface area contributed by atoms with E-state index >= 15 is 0 Å². The third-order valence-corrected chi connectivity index (χ3v) is 14.4. The molecule has 2 N–H and O–H groups in total. The summed E-state index contributed by atoms with van der Waals surface area (Å²) in [5, 5.41) is 22.8. The molecule has 0 saturated carbocycles. The molecule has 0 unspecified atom stereocenters. The van der Waals surface area contributed by atoms with Gasteiger partial charge in [0.2, 0.25) is 0 Å². The highest BCUT2D eigenvalue weighted by Gasteiger charge is 2.69. The molecule has 5 aliphatic rings. The van der Waals surface area contributed by atoms with Gasteiger partial charge in [-0.05, 0) is 93.3 Å². The number of hydrogen-bond donors (Lipinski definition) is 2. The number of nitrogens with zero attached hydrogens (tertiary/aromatic N) is 2. The van der Waals surface area contributed by atoms with Gasteiger partial charge in [-0.15, -0.1) is 0 Å². The number of carbonyl (C=O) groups excluding carboxylic acids is 1. The van der Waals surface area contributed by atoms with Gasteiger partial charge in [0.25, 0.3) is 0 Å². The minimum absolute atomic E-state index is 0.0503. The Bertz CT molecular complexity index is 1470. The molecule has 3 bridgehead atoms. The maximum Gasteiger partial charge on any atom is 0.311 e. The molecule has 18 atom stereocenters. The molecule has 12 nitrogen and oxygen atoms in total. The summed E-state index contributed by atoms with van der Waals surface area (Å²) in [6.07, 6.45) is -1.55. The lowest BCUT2D eigenvalue weighted by Gasteiger charge is -2.49. The standard InChI is InChI=1S/C44H72N2O10/c1-25-23-43(9)39(55-41-35(47)33(45(10)11)22-26(2)51-41)27(3)36(53-34-24-42(8,50-12)38(48)31(7)52-34)28(4)40(49)54-37-29(5)44(25,56-43)46(30(37)6)21-17-16-20-32-18-14-13-15-19-32/h13-15,18-19,25-31,33-39,41,47-48H,16-17,20-24H2,1-12H3/t25-,26-,27+,28-,29-,30-,31+,33+,34+,35-,36+,37+,38+,39-,41+,42-,43-,44+/m1/s1. The number of likely N-dealkylation sites (N-methyl/N-ethyl adjacent to an activating group) is 1. The lowest BCUT2D eigenvalue weighted by atomic mass is 9.77. The van der Waals surface area contributed by atoms with Crippen molar-refractivity contribution in [2.75, 3.05) is 27.7 Å². The van der Waals surface area contributed by atoms with Crippen LogP contribution in [0, 0.1) is 23.7 Å². The number of fused-ring (bicyclic) bond motifs is 2. The van der Waals surface area contributed by atoms with Gasteiger partial charge in [0.05, 0.1) is 41.5 Å². The molecule has 56 heavy (non-hydrogen) atoms. The van der Waals surface area contributed by atoms with Gasteiger partial charge in [0.15, 0.2) is 12.6 Å². The molecule has 12 heteroatoms. The van der Waals surface area contributed by atoms with Crippen molar-refractivity contribution >= 4 is 5.97 Å². The zero-order valence-corrected chi connectivity index (χ0v) is 36.1. The van der Waals surface area contributed by atoms with E-state index in [1.165, 1.54) is 5.56 Å². The van der Waals surface area contributed by atoms with Crippen LogP contribution in [0.25, 0.3) is 0 Å². The molecule has 5 saturated heterocycles. The van der Waals surface area contributed by atoms with E-state index in [-0.39, 0.29) is 42.4 Å². The Kier molecular flexibility index (Phi) is 13.4. The van der Waals surface area contributed by atoms with Crippen molar-refractivity contribution in [1.29, 1.82) is 0 Å². The van der Waals surface area contributed by atoms with E-state index in [9.17, 15) is 15.0 Å². The quantitative estimate of drug-likeness (QED) is 0.227. The molecule has 0 aromatic heterocycles. The van der Waals surface area contributed by atoms with Crippen molar-refractivity contribution < 1.29 is 48.2 Å². The van der Waals surface area contributed by atoms with Crippen LogP contribution in [-0.4, -0.2) is 138 Å². The Labute approximate surface area is 335 Å². The Hall–Kier alpha value is -1.71. The minimum atomic E-state index is -0.946. The summed E-state index contributed by atoms with van der Waals surface area (Å²) in [6, 6.07) is 10.3. The van der Waals surface area contributed by atoms with Crippen LogP contribution in [0.2, 0.25) is 0 Å². The normalized spacial score (nSPS) is 47.5. The van der Waals surface area contributed by atoms with Crippen molar-refractivity contribution in [2.24, 2.45) is 23.7 Å². The van der Waals surface area contributed by atoms with Crippen LogP contribution in [0.1, 0.15) is 100.0 Å². The summed E-state index contributed by atoms with van der Waals surface area (Å²) in [6.45, 7) is 19.1. The van der Waals surface area contributed by atoms with Gasteiger partial charge in [-0.3, -0.25) is 9.69 Å². The third-order valence-electron chi connectivity index (χ3n) is 14.4. The smallest absolute Gasteiger partial charge is 0.311 e. The molecule has 5 heterocycles. The van der Waals surface area contributed by atoms with Crippen molar-refractivity contribution in [2.45, 2.75) is 185 Å². The fraction of sp³-hybridized carbons (Fsp3) is 0.841. The Morgan fingerprint density at radius 2 is 1.64 bits per heavy atom. The zero-order valence-electron chi connectivity index (χ0n) is 36.1. The lowest BCUT2D eigenvalue weighted by molar-refractivity contribution is -0.325. The predicted octanol–water partition coefficient (Wildman–Crippen LogP) is 5.16.